The van der Waals surface area contributed by atoms with Crippen molar-refractivity contribution in [3.05, 3.63) is 35.9 Å². The highest BCUT2D eigenvalue weighted by atomic mass is 16.4. The van der Waals surface area contributed by atoms with Gasteiger partial charge in [0, 0.05) is 12.1 Å². The molecule has 1 aromatic carbocycles. The third kappa shape index (κ3) is 4.18. The van der Waals surface area contributed by atoms with E-state index in [1.807, 2.05) is 13.0 Å². The van der Waals surface area contributed by atoms with Gasteiger partial charge in [0.1, 0.15) is 11.6 Å². The summed E-state index contributed by atoms with van der Waals surface area (Å²) in [6, 6.07) is 7.93. The van der Waals surface area contributed by atoms with Crippen LogP contribution in [0.4, 0.5) is 0 Å². The molecule has 0 spiro atoms. The Labute approximate surface area is 148 Å². The molecular formula is C19H26N2O4. The Morgan fingerprint density at radius 1 is 1.28 bits per heavy atom. The van der Waals surface area contributed by atoms with Crippen molar-refractivity contribution in [2.24, 2.45) is 0 Å². The average molecular weight is 346 g/mol. The largest absolute Gasteiger partial charge is 0.480 e. The minimum absolute atomic E-state index is 0.198. The second-order valence-corrected chi connectivity index (χ2v) is 6.71. The highest BCUT2D eigenvalue weighted by Gasteiger charge is 2.46. The molecule has 1 aliphatic heterocycles. The predicted octanol–water partition coefficient (Wildman–Crippen LogP) is 2.44. The fourth-order valence-electron chi connectivity index (χ4n) is 3.24. The molecule has 2 atom stereocenters. The van der Waals surface area contributed by atoms with E-state index in [1.165, 1.54) is 0 Å². The van der Waals surface area contributed by atoms with Crippen LogP contribution in [0.3, 0.4) is 0 Å². The van der Waals surface area contributed by atoms with E-state index in [0.29, 0.717) is 24.9 Å². The second kappa shape index (κ2) is 8.14. The van der Waals surface area contributed by atoms with E-state index in [0.717, 1.165) is 19.3 Å². The van der Waals surface area contributed by atoms with E-state index < -0.39 is 23.5 Å². The number of carbonyl (C=O) groups excluding carboxylic acids is 2. The minimum Gasteiger partial charge on any atom is -0.480 e. The van der Waals surface area contributed by atoms with Crippen molar-refractivity contribution in [2.75, 3.05) is 6.54 Å². The van der Waals surface area contributed by atoms with Gasteiger partial charge in [-0.1, -0.05) is 38.0 Å². The standard InChI is InChI=1S/C19H26N2O4/c1-3-4-11-15(17(23)24)20-18(25)19(2)12-8-13-21(19)16(22)14-9-6-5-7-10-14/h5-7,9-10,15H,3-4,8,11-13H2,1-2H3,(H,20,25)(H,23,24)/t15-,19?/m0/s1. The first-order valence-electron chi connectivity index (χ1n) is 8.81. The van der Waals surface area contributed by atoms with Crippen molar-refractivity contribution in [1.82, 2.24) is 10.2 Å². The van der Waals surface area contributed by atoms with Gasteiger partial charge in [0.05, 0.1) is 0 Å². The van der Waals surface area contributed by atoms with Crippen molar-refractivity contribution in [3.8, 4) is 0 Å². The topological polar surface area (TPSA) is 86.7 Å². The lowest BCUT2D eigenvalue weighted by Crippen LogP contribution is -2.58. The van der Waals surface area contributed by atoms with Gasteiger partial charge in [-0.2, -0.15) is 0 Å². The SMILES string of the molecule is CCCC[C@H](NC(=O)C1(C)CCCN1C(=O)c1ccccc1)C(=O)O. The highest BCUT2D eigenvalue weighted by Crippen LogP contribution is 2.31. The summed E-state index contributed by atoms with van der Waals surface area (Å²) in [5, 5.41) is 12.0. The fraction of sp³-hybridized carbons (Fsp3) is 0.526. The van der Waals surface area contributed by atoms with Gasteiger partial charge in [0.2, 0.25) is 5.91 Å². The molecule has 6 heteroatoms. The van der Waals surface area contributed by atoms with Gasteiger partial charge < -0.3 is 15.3 Å². The number of carbonyl (C=O) groups is 3. The van der Waals surface area contributed by atoms with Crippen LogP contribution in [-0.2, 0) is 9.59 Å². The fourth-order valence-corrected chi connectivity index (χ4v) is 3.24. The molecule has 0 aromatic heterocycles. The molecule has 1 heterocycles. The Hall–Kier alpha value is -2.37. The lowest BCUT2D eigenvalue weighted by molar-refractivity contribution is -0.143. The summed E-state index contributed by atoms with van der Waals surface area (Å²) in [4.78, 5) is 38.6. The smallest absolute Gasteiger partial charge is 0.326 e. The molecule has 1 aliphatic rings. The van der Waals surface area contributed by atoms with Gasteiger partial charge >= 0.3 is 5.97 Å². The summed E-state index contributed by atoms with van der Waals surface area (Å²) < 4.78 is 0. The molecule has 2 rings (SSSR count). The number of hydrogen-bond acceptors (Lipinski definition) is 3. The zero-order valence-corrected chi connectivity index (χ0v) is 14.8. The van der Waals surface area contributed by atoms with E-state index in [4.69, 9.17) is 0 Å². The summed E-state index contributed by atoms with van der Waals surface area (Å²) in [6.45, 7) is 4.18. The number of nitrogens with zero attached hydrogens (tertiary/aromatic N) is 1. The summed E-state index contributed by atoms with van der Waals surface area (Å²) >= 11 is 0. The van der Waals surface area contributed by atoms with Crippen LogP contribution in [0.2, 0.25) is 0 Å². The summed E-state index contributed by atoms with van der Waals surface area (Å²) in [5.41, 5.74) is -0.489. The molecule has 136 valence electrons. The number of benzene rings is 1. The third-order valence-electron chi connectivity index (χ3n) is 4.85. The molecule has 6 nitrogen and oxygen atoms in total. The number of hydrogen-bond donors (Lipinski definition) is 2. The Kier molecular flexibility index (Phi) is 6.17. The molecule has 2 amide bonds. The van der Waals surface area contributed by atoms with Crippen LogP contribution in [0.1, 0.15) is 56.3 Å². The lowest BCUT2D eigenvalue weighted by Gasteiger charge is -2.35. The maximum atomic E-state index is 12.8. The van der Waals surface area contributed by atoms with Crippen LogP contribution < -0.4 is 5.32 Å². The van der Waals surface area contributed by atoms with Crippen molar-refractivity contribution in [1.29, 1.82) is 0 Å². The number of likely N-dealkylation sites (tertiary alicyclic amines) is 1. The third-order valence-corrected chi connectivity index (χ3v) is 4.85. The monoisotopic (exact) mass is 346 g/mol. The molecule has 1 saturated heterocycles. The summed E-state index contributed by atoms with van der Waals surface area (Å²) in [6.07, 6.45) is 3.21. The van der Waals surface area contributed by atoms with Crippen LogP contribution in [0, 0.1) is 0 Å². The first kappa shape index (κ1) is 19.0. The van der Waals surface area contributed by atoms with Crippen LogP contribution in [0.25, 0.3) is 0 Å². The maximum absolute atomic E-state index is 12.8. The van der Waals surface area contributed by atoms with Crippen molar-refractivity contribution in [3.63, 3.8) is 0 Å². The zero-order valence-electron chi connectivity index (χ0n) is 14.8. The van der Waals surface area contributed by atoms with Crippen LogP contribution >= 0.6 is 0 Å². The van der Waals surface area contributed by atoms with Crippen molar-refractivity contribution in [2.45, 2.75) is 57.5 Å². The Bertz CT molecular complexity index is 632. The first-order valence-corrected chi connectivity index (χ1v) is 8.81. The van der Waals surface area contributed by atoms with Crippen molar-refractivity contribution < 1.29 is 19.5 Å². The zero-order chi connectivity index (χ0) is 18.4. The number of nitrogens with one attached hydrogen (secondary N) is 1. The number of aliphatic carboxylic acids is 1. The van der Waals surface area contributed by atoms with E-state index in [1.54, 1.807) is 36.1 Å². The lowest BCUT2D eigenvalue weighted by atomic mass is 9.95. The molecule has 0 saturated carbocycles. The molecule has 0 aliphatic carbocycles. The van der Waals surface area contributed by atoms with E-state index in [9.17, 15) is 19.5 Å². The van der Waals surface area contributed by atoms with Gasteiger partial charge in [-0.15, -0.1) is 0 Å². The quantitative estimate of drug-likeness (QED) is 0.794. The van der Waals surface area contributed by atoms with Crippen LogP contribution in [0.15, 0.2) is 30.3 Å². The molecule has 1 unspecified atom stereocenters. The second-order valence-electron chi connectivity index (χ2n) is 6.71. The van der Waals surface area contributed by atoms with Crippen molar-refractivity contribution >= 4 is 17.8 Å². The number of carboxylic acid groups (broad SMARTS) is 1. The molecule has 1 aromatic rings. The summed E-state index contributed by atoms with van der Waals surface area (Å²) in [7, 11) is 0. The average Bonchev–Trinajstić information content (AvgIpc) is 3.01. The normalized spacial score (nSPS) is 21.0. The highest BCUT2D eigenvalue weighted by molar-refractivity contribution is 6.00. The number of amides is 2. The first-order chi connectivity index (χ1) is 11.9. The predicted molar refractivity (Wildman–Crippen MR) is 94.2 cm³/mol. The molecular weight excluding hydrogens is 320 g/mol. The van der Waals surface area contributed by atoms with Gasteiger partial charge in [-0.25, -0.2) is 4.79 Å². The maximum Gasteiger partial charge on any atom is 0.326 e. The molecule has 25 heavy (non-hydrogen) atoms. The molecule has 0 radical (unpaired) electrons. The Balaban J connectivity index is 2.15. The number of carboxylic acids is 1. The van der Waals surface area contributed by atoms with E-state index in [2.05, 4.69) is 5.32 Å². The Morgan fingerprint density at radius 3 is 2.56 bits per heavy atom. The van der Waals surface area contributed by atoms with Crippen LogP contribution in [-0.4, -0.2) is 45.9 Å². The van der Waals surface area contributed by atoms with E-state index >= 15 is 0 Å². The summed E-state index contributed by atoms with van der Waals surface area (Å²) in [5.74, 6) is -1.63. The molecule has 2 N–H and O–H groups in total. The van der Waals surface area contributed by atoms with Gasteiger partial charge in [0.15, 0.2) is 0 Å². The van der Waals surface area contributed by atoms with Gasteiger partial charge in [-0.05, 0) is 38.3 Å². The van der Waals surface area contributed by atoms with E-state index in [-0.39, 0.29) is 5.91 Å². The molecule has 1 fully saturated rings. The van der Waals surface area contributed by atoms with Crippen LogP contribution in [0.5, 0.6) is 0 Å². The Morgan fingerprint density at radius 2 is 1.96 bits per heavy atom. The molecule has 0 bridgehead atoms. The van der Waals surface area contributed by atoms with Gasteiger partial charge in [-0.3, -0.25) is 9.59 Å². The number of unbranched alkanes of at least 4 members (excludes halogenated alkanes) is 1. The minimum atomic E-state index is -1.04. The van der Waals surface area contributed by atoms with Gasteiger partial charge in [0.25, 0.3) is 5.91 Å². The number of rotatable bonds is 7.